The molecule has 2 aromatic heterocycles. The highest BCUT2D eigenvalue weighted by molar-refractivity contribution is 9.11. The maximum Gasteiger partial charge on any atom is 0.342 e. The highest BCUT2D eigenvalue weighted by Crippen LogP contribution is 2.28. The molecule has 4 rings (SSSR count). The lowest BCUT2D eigenvalue weighted by molar-refractivity contribution is 0.0337. The van der Waals surface area contributed by atoms with Gasteiger partial charge in [-0.3, -0.25) is 9.52 Å². The van der Waals surface area contributed by atoms with E-state index in [0.29, 0.717) is 14.7 Å². The predicted octanol–water partition coefficient (Wildman–Crippen LogP) is 3.23. The molecule has 0 bridgehead atoms. The number of nitrogens with zero attached hydrogens (tertiary/aromatic N) is 3. The van der Waals surface area contributed by atoms with Gasteiger partial charge in [0.05, 0.1) is 20.4 Å². The molecular formula is C19H13BrN4O5S2. The minimum atomic E-state index is -3.89. The SMILES string of the molecule is O=C(OCn1nnc2ccccc2c1=O)c1ccccc1NS(=O)(=O)c1ccc(Br)s1. The molecular weight excluding hydrogens is 508 g/mol. The van der Waals surface area contributed by atoms with Crippen LogP contribution in [0.25, 0.3) is 10.9 Å². The maximum absolute atomic E-state index is 12.6. The second kappa shape index (κ2) is 8.57. The van der Waals surface area contributed by atoms with E-state index >= 15 is 0 Å². The lowest BCUT2D eigenvalue weighted by Gasteiger charge is -2.12. The Labute approximate surface area is 188 Å². The summed E-state index contributed by atoms with van der Waals surface area (Å²) in [6, 6.07) is 15.7. The Hall–Kier alpha value is -3.09. The largest absolute Gasteiger partial charge is 0.438 e. The minimum Gasteiger partial charge on any atom is -0.438 e. The molecule has 158 valence electrons. The molecule has 2 heterocycles. The molecule has 0 atom stereocenters. The monoisotopic (exact) mass is 520 g/mol. The third-order valence-electron chi connectivity index (χ3n) is 4.15. The van der Waals surface area contributed by atoms with Crippen LogP contribution in [0.4, 0.5) is 5.69 Å². The number of carbonyl (C=O) groups excluding carboxylic acids is 1. The fourth-order valence-corrected chi connectivity index (χ4v) is 5.78. The van der Waals surface area contributed by atoms with E-state index in [0.717, 1.165) is 16.0 Å². The molecule has 0 unspecified atom stereocenters. The van der Waals surface area contributed by atoms with Crippen molar-refractivity contribution >= 4 is 59.8 Å². The van der Waals surface area contributed by atoms with Crippen molar-refractivity contribution in [2.24, 2.45) is 0 Å². The normalized spacial score (nSPS) is 11.4. The van der Waals surface area contributed by atoms with E-state index in [1.165, 1.54) is 18.2 Å². The predicted molar refractivity (Wildman–Crippen MR) is 118 cm³/mol. The Morgan fingerprint density at radius 1 is 1.10 bits per heavy atom. The van der Waals surface area contributed by atoms with Crippen LogP contribution in [-0.4, -0.2) is 29.4 Å². The molecule has 0 saturated heterocycles. The number of anilines is 1. The summed E-state index contributed by atoms with van der Waals surface area (Å²) in [5.41, 5.74) is 0.00293. The number of fused-ring (bicyclic) bond motifs is 1. The number of hydrogen-bond donors (Lipinski definition) is 1. The standard InChI is InChI=1S/C19H13BrN4O5S2/c20-16-9-10-17(30-16)31(27,28)22-15-8-4-2-6-13(15)19(26)29-11-24-18(25)12-5-1-3-7-14(12)21-23-24/h1-10,22H,11H2. The summed E-state index contributed by atoms with van der Waals surface area (Å²) in [6.07, 6.45) is 0. The Morgan fingerprint density at radius 2 is 1.84 bits per heavy atom. The molecule has 0 fully saturated rings. The van der Waals surface area contributed by atoms with E-state index in [1.54, 1.807) is 42.5 Å². The minimum absolute atomic E-state index is 0.0107. The zero-order chi connectivity index (χ0) is 22.0. The molecule has 0 spiro atoms. The number of thiophene rings is 1. The average molecular weight is 521 g/mol. The van der Waals surface area contributed by atoms with Crippen molar-refractivity contribution in [2.75, 3.05) is 4.72 Å². The lowest BCUT2D eigenvalue weighted by atomic mass is 10.2. The zero-order valence-electron chi connectivity index (χ0n) is 15.6. The second-order valence-corrected chi connectivity index (χ2v) is 10.6. The molecule has 1 N–H and O–H groups in total. The van der Waals surface area contributed by atoms with E-state index in [2.05, 4.69) is 31.0 Å². The third kappa shape index (κ3) is 4.50. The Bertz CT molecular complexity index is 1450. The molecule has 2 aromatic carbocycles. The smallest absolute Gasteiger partial charge is 0.342 e. The van der Waals surface area contributed by atoms with Crippen molar-refractivity contribution in [3.63, 3.8) is 0 Å². The summed E-state index contributed by atoms with van der Waals surface area (Å²) in [5, 5.41) is 8.02. The molecule has 9 nitrogen and oxygen atoms in total. The number of benzene rings is 2. The van der Waals surface area contributed by atoms with Crippen LogP contribution in [0.3, 0.4) is 0 Å². The average Bonchev–Trinajstić information content (AvgIpc) is 3.21. The van der Waals surface area contributed by atoms with E-state index in [1.807, 2.05) is 0 Å². The summed E-state index contributed by atoms with van der Waals surface area (Å²) >= 11 is 4.26. The molecule has 0 aliphatic carbocycles. The molecule has 0 saturated carbocycles. The summed E-state index contributed by atoms with van der Waals surface area (Å²) < 4.78 is 34.4. The topological polar surface area (TPSA) is 120 Å². The van der Waals surface area contributed by atoms with Crippen LogP contribution in [-0.2, 0) is 21.5 Å². The Morgan fingerprint density at radius 3 is 2.61 bits per heavy atom. The van der Waals surface area contributed by atoms with Crippen LogP contribution in [0.5, 0.6) is 0 Å². The molecule has 0 aliphatic rings. The number of sulfonamides is 1. The van der Waals surface area contributed by atoms with Crippen molar-refractivity contribution in [1.29, 1.82) is 0 Å². The van der Waals surface area contributed by atoms with Crippen molar-refractivity contribution in [1.82, 2.24) is 15.0 Å². The van der Waals surface area contributed by atoms with Gasteiger partial charge >= 0.3 is 5.97 Å². The molecule has 0 aliphatic heterocycles. The number of nitrogens with one attached hydrogen (secondary N) is 1. The Kier molecular flexibility index (Phi) is 5.85. The van der Waals surface area contributed by atoms with Gasteiger partial charge in [-0.15, -0.1) is 16.4 Å². The van der Waals surface area contributed by atoms with Gasteiger partial charge in [0.25, 0.3) is 15.6 Å². The van der Waals surface area contributed by atoms with Gasteiger partial charge in [0.1, 0.15) is 9.73 Å². The highest BCUT2D eigenvalue weighted by atomic mass is 79.9. The van der Waals surface area contributed by atoms with Gasteiger partial charge < -0.3 is 4.74 Å². The summed E-state index contributed by atoms with van der Waals surface area (Å²) in [4.78, 5) is 25.1. The first-order valence-electron chi connectivity index (χ1n) is 8.72. The lowest BCUT2D eigenvalue weighted by Crippen LogP contribution is -2.26. The van der Waals surface area contributed by atoms with Crippen LogP contribution >= 0.6 is 27.3 Å². The van der Waals surface area contributed by atoms with Gasteiger partial charge in [-0.05, 0) is 52.3 Å². The van der Waals surface area contributed by atoms with Gasteiger partial charge in [-0.25, -0.2) is 13.2 Å². The first kappa shape index (κ1) is 21.2. The van der Waals surface area contributed by atoms with E-state index in [9.17, 15) is 18.0 Å². The fourth-order valence-electron chi connectivity index (χ4n) is 2.69. The zero-order valence-corrected chi connectivity index (χ0v) is 18.8. The van der Waals surface area contributed by atoms with Gasteiger partial charge in [-0.1, -0.05) is 29.5 Å². The summed E-state index contributed by atoms with van der Waals surface area (Å²) in [6.45, 7) is -0.478. The number of hydrogen-bond acceptors (Lipinski definition) is 8. The van der Waals surface area contributed by atoms with Crippen LogP contribution in [0, 0.1) is 0 Å². The first-order valence-corrected chi connectivity index (χ1v) is 11.8. The van der Waals surface area contributed by atoms with Gasteiger partial charge in [0.15, 0.2) is 6.73 Å². The quantitative estimate of drug-likeness (QED) is 0.387. The van der Waals surface area contributed by atoms with Crippen molar-refractivity contribution in [2.45, 2.75) is 10.9 Å². The van der Waals surface area contributed by atoms with E-state index < -0.39 is 28.3 Å². The van der Waals surface area contributed by atoms with Crippen molar-refractivity contribution in [3.8, 4) is 0 Å². The number of carbonyl (C=O) groups is 1. The molecule has 31 heavy (non-hydrogen) atoms. The number of rotatable bonds is 6. The van der Waals surface area contributed by atoms with E-state index in [-0.39, 0.29) is 15.5 Å². The summed E-state index contributed by atoms with van der Waals surface area (Å²) in [5.74, 6) is -0.826. The maximum atomic E-state index is 12.6. The number of para-hydroxylation sites is 1. The van der Waals surface area contributed by atoms with Crippen molar-refractivity contribution < 1.29 is 17.9 Å². The number of ether oxygens (including phenoxy) is 1. The molecule has 0 radical (unpaired) electrons. The fraction of sp³-hybridized carbons (Fsp3) is 0.0526. The molecule has 12 heteroatoms. The first-order chi connectivity index (χ1) is 14.8. The highest BCUT2D eigenvalue weighted by Gasteiger charge is 2.21. The van der Waals surface area contributed by atoms with Crippen molar-refractivity contribution in [3.05, 3.63) is 80.4 Å². The second-order valence-electron chi connectivity index (χ2n) is 6.18. The third-order valence-corrected chi connectivity index (χ3v) is 7.63. The summed E-state index contributed by atoms with van der Waals surface area (Å²) in [7, 11) is -3.89. The number of halogens is 1. The van der Waals surface area contributed by atoms with Crippen LogP contribution in [0.2, 0.25) is 0 Å². The number of esters is 1. The molecule has 4 aromatic rings. The van der Waals surface area contributed by atoms with Crippen LogP contribution in [0.15, 0.2) is 73.5 Å². The van der Waals surface area contributed by atoms with Gasteiger partial charge in [0.2, 0.25) is 0 Å². The molecule has 0 amide bonds. The van der Waals surface area contributed by atoms with Crippen LogP contribution in [0.1, 0.15) is 10.4 Å². The van der Waals surface area contributed by atoms with Crippen LogP contribution < -0.4 is 10.3 Å². The Balaban J connectivity index is 1.55. The van der Waals surface area contributed by atoms with Gasteiger partial charge in [-0.2, -0.15) is 4.68 Å². The van der Waals surface area contributed by atoms with E-state index in [4.69, 9.17) is 4.74 Å². The number of aromatic nitrogens is 3. The van der Waals surface area contributed by atoms with Gasteiger partial charge in [0, 0.05) is 0 Å².